The maximum absolute atomic E-state index is 13.4. The van der Waals surface area contributed by atoms with Gasteiger partial charge in [0.2, 0.25) is 0 Å². The van der Waals surface area contributed by atoms with Crippen LogP contribution in [0, 0.1) is 5.82 Å². The SMILES string of the molecule is O=C(/C=C/c1ccc2c(c1)C(=O)CC1(CCN(Cc3cccc(F)c3)CC1)O2)CO. The summed E-state index contributed by atoms with van der Waals surface area (Å²) in [6.45, 7) is 1.70. The second-order valence-electron chi connectivity index (χ2n) is 8.00. The third kappa shape index (κ3) is 4.50. The number of aliphatic hydroxyl groups is 1. The minimum atomic E-state index is -0.539. The van der Waals surface area contributed by atoms with Crippen LogP contribution in [0.3, 0.4) is 0 Å². The lowest BCUT2D eigenvalue weighted by atomic mass is 9.82. The van der Waals surface area contributed by atoms with Crippen molar-refractivity contribution in [2.75, 3.05) is 19.7 Å². The molecule has 2 heterocycles. The molecule has 4 rings (SSSR count). The van der Waals surface area contributed by atoms with Crippen molar-refractivity contribution in [3.8, 4) is 5.75 Å². The van der Waals surface area contributed by atoms with E-state index in [0.29, 0.717) is 29.8 Å². The highest BCUT2D eigenvalue weighted by Crippen LogP contribution is 2.40. The number of ether oxygens (including phenoxy) is 1. The van der Waals surface area contributed by atoms with E-state index in [2.05, 4.69) is 4.90 Å². The number of halogens is 1. The molecule has 0 atom stereocenters. The van der Waals surface area contributed by atoms with Crippen LogP contribution in [0.1, 0.15) is 40.7 Å². The molecule has 0 saturated carbocycles. The van der Waals surface area contributed by atoms with E-state index in [4.69, 9.17) is 9.84 Å². The Bertz CT molecular complexity index is 992. The van der Waals surface area contributed by atoms with Crippen molar-refractivity contribution in [2.24, 2.45) is 0 Å². The number of aliphatic hydroxyl groups excluding tert-OH is 1. The Morgan fingerprint density at radius 2 is 2.00 bits per heavy atom. The van der Waals surface area contributed by atoms with Crippen LogP contribution < -0.4 is 4.74 Å². The van der Waals surface area contributed by atoms with Gasteiger partial charge in [-0.25, -0.2) is 4.39 Å². The zero-order valence-electron chi connectivity index (χ0n) is 16.6. The Labute approximate surface area is 174 Å². The molecule has 1 fully saturated rings. The first-order valence-corrected chi connectivity index (χ1v) is 10.1. The average Bonchev–Trinajstić information content (AvgIpc) is 2.74. The van der Waals surface area contributed by atoms with Gasteiger partial charge in [-0.1, -0.05) is 24.3 Å². The Balaban J connectivity index is 1.43. The van der Waals surface area contributed by atoms with Crippen molar-refractivity contribution in [1.29, 1.82) is 0 Å². The highest BCUT2D eigenvalue weighted by Gasteiger charge is 2.42. The first kappa shape index (κ1) is 20.4. The number of hydrogen-bond donors (Lipinski definition) is 1. The molecule has 0 amide bonds. The molecule has 0 aromatic heterocycles. The van der Waals surface area contributed by atoms with E-state index < -0.39 is 12.2 Å². The molecule has 1 saturated heterocycles. The molecule has 1 spiro atoms. The minimum Gasteiger partial charge on any atom is -0.486 e. The van der Waals surface area contributed by atoms with Crippen molar-refractivity contribution in [3.63, 3.8) is 0 Å². The zero-order chi connectivity index (χ0) is 21.1. The van der Waals surface area contributed by atoms with Gasteiger partial charge in [0.1, 0.15) is 23.8 Å². The highest BCUT2D eigenvalue weighted by molar-refractivity contribution is 6.01. The highest BCUT2D eigenvalue weighted by atomic mass is 19.1. The van der Waals surface area contributed by atoms with Crippen LogP contribution in [0.5, 0.6) is 5.75 Å². The van der Waals surface area contributed by atoms with Gasteiger partial charge in [0, 0.05) is 32.5 Å². The Hall–Kier alpha value is -2.83. The van der Waals surface area contributed by atoms with Crippen molar-refractivity contribution >= 4 is 17.6 Å². The fourth-order valence-electron chi connectivity index (χ4n) is 4.15. The number of Topliss-reactive ketones (excluding diaryl/α,β-unsaturated/α-hetero) is 1. The summed E-state index contributed by atoms with van der Waals surface area (Å²) in [5, 5.41) is 8.81. The number of nitrogens with zero attached hydrogens (tertiary/aromatic N) is 1. The molecular formula is C24H24FNO4. The molecule has 156 valence electrons. The molecule has 6 heteroatoms. The number of likely N-dealkylation sites (tertiary alicyclic amines) is 1. The Morgan fingerprint density at radius 1 is 1.20 bits per heavy atom. The molecule has 0 aliphatic carbocycles. The van der Waals surface area contributed by atoms with Gasteiger partial charge in [-0.15, -0.1) is 0 Å². The second-order valence-corrected chi connectivity index (χ2v) is 8.00. The summed E-state index contributed by atoms with van der Waals surface area (Å²) in [7, 11) is 0. The van der Waals surface area contributed by atoms with E-state index in [-0.39, 0.29) is 17.4 Å². The number of piperidine rings is 1. The quantitative estimate of drug-likeness (QED) is 0.767. The smallest absolute Gasteiger partial charge is 0.181 e. The summed E-state index contributed by atoms with van der Waals surface area (Å²) >= 11 is 0. The van der Waals surface area contributed by atoms with Gasteiger partial charge in [-0.3, -0.25) is 14.5 Å². The van der Waals surface area contributed by atoms with Crippen molar-refractivity contribution < 1.29 is 23.8 Å². The molecule has 0 unspecified atom stereocenters. The summed E-state index contributed by atoms with van der Waals surface area (Å²) in [5.74, 6) is 0.00187. The van der Waals surface area contributed by atoms with Gasteiger partial charge in [-0.05, 0) is 41.5 Å². The van der Waals surface area contributed by atoms with E-state index in [1.165, 1.54) is 12.1 Å². The fourth-order valence-corrected chi connectivity index (χ4v) is 4.15. The number of hydrogen-bond acceptors (Lipinski definition) is 5. The molecule has 30 heavy (non-hydrogen) atoms. The van der Waals surface area contributed by atoms with Crippen molar-refractivity contribution in [1.82, 2.24) is 4.90 Å². The Morgan fingerprint density at radius 3 is 2.73 bits per heavy atom. The lowest BCUT2D eigenvalue weighted by Gasteiger charge is -2.44. The molecule has 5 nitrogen and oxygen atoms in total. The molecule has 2 aromatic carbocycles. The van der Waals surface area contributed by atoms with Gasteiger partial charge in [0.05, 0.1) is 12.0 Å². The summed E-state index contributed by atoms with van der Waals surface area (Å²) in [6, 6.07) is 11.9. The zero-order valence-corrected chi connectivity index (χ0v) is 16.6. The van der Waals surface area contributed by atoms with Crippen LogP contribution in [0.4, 0.5) is 4.39 Å². The predicted octanol–water partition coefficient (Wildman–Crippen LogP) is 3.40. The maximum atomic E-state index is 13.4. The van der Waals surface area contributed by atoms with E-state index in [1.54, 1.807) is 36.4 Å². The molecule has 2 aliphatic rings. The molecule has 2 aromatic rings. The molecule has 1 N–H and O–H groups in total. The normalized spacial score (nSPS) is 18.4. The third-order valence-corrected chi connectivity index (χ3v) is 5.79. The van der Waals surface area contributed by atoms with E-state index in [1.807, 2.05) is 6.07 Å². The van der Waals surface area contributed by atoms with Gasteiger partial charge < -0.3 is 9.84 Å². The number of carbonyl (C=O) groups is 2. The van der Waals surface area contributed by atoms with E-state index in [0.717, 1.165) is 31.5 Å². The van der Waals surface area contributed by atoms with Crippen molar-refractivity contribution in [2.45, 2.75) is 31.4 Å². The summed E-state index contributed by atoms with van der Waals surface area (Å²) in [6.07, 6.45) is 4.68. The van der Waals surface area contributed by atoms with Crippen LogP contribution in [0.15, 0.2) is 48.5 Å². The van der Waals surface area contributed by atoms with E-state index in [9.17, 15) is 14.0 Å². The van der Waals surface area contributed by atoms with Gasteiger partial charge in [-0.2, -0.15) is 0 Å². The predicted molar refractivity (Wildman–Crippen MR) is 111 cm³/mol. The maximum Gasteiger partial charge on any atom is 0.181 e. The third-order valence-electron chi connectivity index (χ3n) is 5.79. The first-order valence-electron chi connectivity index (χ1n) is 10.1. The largest absolute Gasteiger partial charge is 0.486 e. The number of rotatable bonds is 5. The standard InChI is InChI=1S/C24H24FNO4/c25-19-3-1-2-18(12-19)15-26-10-8-24(9-11-26)14-22(29)21-13-17(4-6-20(28)16-27)5-7-23(21)30-24/h1-7,12-13,27H,8-11,14-16H2/b6-4+. The number of ketones is 2. The summed E-state index contributed by atoms with van der Waals surface area (Å²) in [5.41, 5.74) is 1.69. The Kier molecular flexibility index (Phi) is 5.79. The monoisotopic (exact) mass is 409 g/mol. The van der Waals surface area contributed by atoms with Crippen molar-refractivity contribution in [3.05, 3.63) is 71.0 Å². The lowest BCUT2D eigenvalue weighted by Crippen LogP contribution is -2.50. The van der Waals surface area contributed by atoms with Crippen LogP contribution in [0.25, 0.3) is 6.08 Å². The fraction of sp³-hybridized carbons (Fsp3) is 0.333. The van der Waals surface area contributed by atoms with E-state index >= 15 is 0 Å². The molecular weight excluding hydrogens is 385 g/mol. The van der Waals surface area contributed by atoms with Gasteiger partial charge >= 0.3 is 0 Å². The van der Waals surface area contributed by atoms with Gasteiger partial charge in [0.15, 0.2) is 11.6 Å². The average molecular weight is 409 g/mol. The molecule has 0 radical (unpaired) electrons. The van der Waals surface area contributed by atoms with Crippen LogP contribution >= 0.6 is 0 Å². The van der Waals surface area contributed by atoms with Crippen LogP contribution in [0.2, 0.25) is 0 Å². The number of fused-ring (bicyclic) bond motifs is 1. The van der Waals surface area contributed by atoms with Crippen LogP contribution in [-0.4, -0.2) is 46.9 Å². The molecule has 2 aliphatic heterocycles. The minimum absolute atomic E-state index is 0.0403. The first-order chi connectivity index (χ1) is 14.5. The summed E-state index contributed by atoms with van der Waals surface area (Å²) < 4.78 is 19.7. The van der Waals surface area contributed by atoms with Gasteiger partial charge in [0.25, 0.3) is 0 Å². The van der Waals surface area contributed by atoms with Crippen LogP contribution in [-0.2, 0) is 11.3 Å². The topological polar surface area (TPSA) is 66.8 Å². The second kappa shape index (κ2) is 8.50. The molecule has 0 bridgehead atoms. The number of benzene rings is 2. The number of carbonyl (C=O) groups excluding carboxylic acids is 2. The lowest BCUT2D eigenvalue weighted by molar-refractivity contribution is -0.117. The summed E-state index contributed by atoms with van der Waals surface area (Å²) in [4.78, 5) is 26.4.